The van der Waals surface area contributed by atoms with E-state index in [0.717, 1.165) is 14.5 Å². The van der Waals surface area contributed by atoms with E-state index in [0.29, 0.717) is 34.9 Å². The molecular formula is C19H12Br2N2O2. The Morgan fingerprint density at radius 2 is 2.00 bits per heavy atom. The highest BCUT2D eigenvalue weighted by Gasteiger charge is 2.12. The van der Waals surface area contributed by atoms with Crippen molar-refractivity contribution in [1.29, 1.82) is 5.26 Å². The van der Waals surface area contributed by atoms with Gasteiger partial charge in [0.15, 0.2) is 5.58 Å². The maximum Gasteiger partial charge on any atom is 0.238 e. The summed E-state index contributed by atoms with van der Waals surface area (Å²) in [6.07, 6.45) is 3.39. The fourth-order valence-electron chi connectivity index (χ4n) is 2.24. The number of halogens is 2. The second-order valence-corrected chi connectivity index (χ2v) is 6.78. The maximum atomic E-state index is 9.50. The average Bonchev–Trinajstić information content (AvgIpc) is 3.03. The van der Waals surface area contributed by atoms with Crippen molar-refractivity contribution >= 4 is 54.6 Å². The van der Waals surface area contributed by atoms with Gasteiger partial charge in [0.05, 0.1) is 8.95 Å². The molecule has 0 atom stereocenters. The minimum atomic E-state index is 0.294. The van der Waals surface area contributed by atoms with Crippen LogP contribution >= 0.6 is 31.9 Å². The van der Waals surface area contributed by atoms with Gasteiger partial charge < -0.3 is 9.15 Å². The number of fused-ring (bicyclic) bond motifs is 1. The minimum Gasteiger partial charge on any atom is -0.487 e. The van der Waals surface area contributed by atoms with Crippen molar-refractivity contribution in [3.8, 4) is 11.8 Å². The average molecular weight is 460 g/mol. The zero-order valence-corrected chi connectivity index (χ0v) is 16.2. The smallest absolute Gasteiger partial charge is 0.238 e. The van der Waals surface area contributed by atoms with E-state index in [4.69, 9.17) is 9.15 Å². The summed E-state index contributed by atoms with van der Waals surface area (Å²) in [5.74, 6) is 0.973. The molecule has 0 saturated heterocycles. The fourth-order valence-corrected chi connectivity index (χ4v) is 3.69. The quantitative estimate of drug-likeness (QED) is 0.347. The van der Waals surface area contributed by atoms with E-state index in [1.807, 2.05) is 36.4 Å². The van der Waals surface area contributed by atoms with Crippen molar-refractivity contribution in [3.05, 3.63) is 69.5 Å². The third kappa shape index (κ3) is 3.84. The molecule has 0 N–H and O–H groups in total. The molecule has 0 fully saturated rings. The van der Waals surface area contributed by atoms with E-state index >= 15 is 0 Å². The van der Waals surface area contributed by atoms with Crippen molar-refractivity contribution in [3.63, 3.8) is 0 Å². The van der Waals surface area contributed by atoms with Crippen molar-refractivity contribution in [2.24, 2.45) is 0 Å². The Labute approximate surface area is 161 Å². The molecule has 3 rings (SSSR count). The Kier molecular flexibility index (Phi) is 5.37. The van der Waals surface area contributed by atoms with Crippen molar-refractivity contribution in [2.45, 2.75) is 0 Å². The number of allylic oxidation sites excluding steroid dienone is 1. The van der Waals surface area contributed by atoms with Gasteiger partial charge in [0.1, 0.15) is 29.5 Å². The van der Waals surface area contributed by atoms with Crippen LogP contribution in [0.25, 0.3) is 22.7 Å². The molecule has 6 heteroatoms. The lowest BCUT2D eigenvalue weighted by Crippen LogP contribution is -1.95. The zero-order chi connectivity index (χ0) is 17.8. The van der Waals surface area contributed by atoms with Crippen LogP contribution < -0.4 is 4.74 Å². The van der Waals surface area contributed by atoms with Gasteiger partial charge >= 0.3 is 0 Å². The molecule has 2 aromatic carbocycles. The third-order valence-electron chi connectivity index (χ3n) is 3.32. The molecule has 0 bridgehead atoms. The second-order valence-electron chi connectivity index (χ2n) is 5.07. The predicted octanol–water partition coefficient (Wildman–Crippen LogP) is 5.98. The van der Waals surface area contributed by atoms with Gasteiger partial charge in [-0.1, -0.05) is 24.8 Å². The highest BCUT2D eigenvalue weighted by atomic mass is 79.9. The van der Waals surface area contributed by atoms with Gasteiger partial charge in [0.25, 0.3) is 0 Å². The highest BCUT2D eigenvalue weighted by Crippen LogP contribution is 2.36. The Morgan fingerprint density at radius 1 is 1.28 bits per heavy atom. The number of ether oxygens (including phenoxy) is 1. The first-order valence-electron chi connectivity index (χ1n) is 7.33. The molecule has 0 radical (unpaired) electrons. The lowest BCUT2D eigenvalue weighted by atomic mass is 10.1. The van der Waals surface area contributed by atoms with Crippen LogP contribution in [0.4, 0.5) is 0 Å². The Hall–Kier alpha value is -2.36. The molecule has 25 heavy (non-hydrogen) atoms. The Balaban J connectivity index is 2.00. The van der Waals surface area contributed by atoms with Gasteiger partial charge in [-0.3, -0.25) is 0 Å². The number of rotatable bonds is 5. The summed E-state index contributed by atoms with van der Waals surface area (Å²) in [7, 11) is 0. The van der Waals surface area contributed by atoms with E-state index in [2.05, 4.69) is 49.5 Å². The molecule has 0 unspecified atom stereocenters. The van der Waals surface area contributed by atoms with Crippen LogP contribution in [-0.4, -0.2) is 11.6 Å². The molecule has 0 aliphatic rings. The van der Waals surface area contributed by atoms with Gasteiger partial charge in [-0.05, 0) is 67.8 Å². The summed E-state index contributed by atoms with van der Waals surface area (Å²) in [6.45, 7) is 4.04. The van der Waals surface area contributed by atoms with Crippen LogP contribution in [0.2, 0.25) is 0 Å². The molecule has 0 saturated carbocycles. The largest absolute Gasteiger partial charge is 0.487 e. The maximum absolute atomic E-state index is 9.50. The van der Waals surface area contributed by atoms with Gasteiger partial charge in [-0.15, -0.1) is 0 Å². The molecular weight excluding hydrogens is 448 g/mol. The van der Waals surface area contributed by atoms with E-state index in [1.54, 1.807) is 12.2 Å². The predicted molar refractivity (Wildman–Crippen MR) is 105 cm³/mol. The normalized spacial score (nSPS) is 11.3. The third-order valence-corrected chi connectivity index (χ3v) is 4.50. The summed E-state index contributed by atoms with van der Waals surface area (Å²) in [5, 5.41) is 9.50. The van der Waals surface area contributed by atoms with Crippen LogP contribution in [-0.2, 0) is 0 Å². The van der Waals surface area contributed by atoms with E-state index in [9.17, 15) is 5.26 Å². The molecule has 1 aromatic heterocycles. The lowest BCUT2D eigenvalue weighted by Gasteiger charge is -2.09. The molecule has 0 aliphatic heterocycles. The summed E-state index contributed by atoms with van der Waals surface area (Å²) >= 11 is 6.97. The molecule has 0 amide bonds. The van der Waals surface area contributed by atoms with Crippen molar-refractivity contribution in [1.82, 2.24) is 4.98 Å². The summed E-state index contributed by atoms with van der Waals surface area (Å²) < 4.78 is 12.8. The molecule has 124 valence electrons. The monoisotopic (exact) mass is 458 g/mol. The van der Waals surface area contributed by atoms with Crippen molar-refractivity contribution in [2.75, 3.05) is 6.61 Å². The van der Waals surface area contributed by atoms with Crippen LogP contribution in [0.1, 0.15) is 11.5 Å². The number of nitrogens with zero attached hydrogens (tertiary/aromatic N) is 2. The number of aromatic nitrogens is 1. The first-order valence-corrected chi connectivity index (χ1v) is 8.91. The summed E-state index contributed by atoms with van der Waals surface area (Å²) in [5.41, 5.74) is 2.52. The van der Waals surface area contributed by atoms with E-state index < -0.39 is 0 Å². The van der Waals surface area contributed by atoms with E-state index in [1.165, 1.54) is 0 Å². The fraction of sp³-hybridized carbons (Fsp3) is 0.0526. The Morgan fingerprint density at radius 3 is 2.64 bits per heavy atom. The number of oxazole rings is 1. The highest BCUT2D eigenvalue weighted by molar-refractivity contribution is 9.11. The number of nitriles is 1. The van der Waals surface area contributed by atoms with Crippen molar-refractivity contribution < 1.29 is 9.15 Å². The minimum absolute atomic E-state index is 0.294. The SMILES string of the molecule is C=CCOc1c(Br)cc(/C=C(\C#N)c2nc3ccccc3o2)cc1Br. The van der Waals surface area contributed by atoms with Gasteiger partial charge in [-0.2, -0.15) is 5.26 Å². The number of benzene rings is 2. The van der Waals surface area contributed by atoms with Gasteiger partial charge in [0, 0.05) is 0 Å². The van der Waals surface area contributed by atoms with Crippen LogP contribution in [0, 0.1) is 11.3 Å². The molecule has 3 aromatic rings. The molecule has 0 aliphatic carbocycles. The Bertz CT molecular complexity index is 960. The van der Waals surface area contributed by atoms with Gasteiger partial charge in [-0.25, -0.2) is 4.98 Å². The number of hydrogen-bond acceptors (Lipinski definition) is 4. The lowest BCUT2D eigenvalue weighted by molar-refractivity contribution is 0.358. The first kappa shape index (κ1) is 17.5. The van der Waals surface area contributed by atoms with Gasteiger partial charge in [0.2, 0.25) is 5.89 Å². The number of hydrogen-bond donors (Lipinski definition) is 0. The standard InChI is InChI=1S/C19H12Br2N2O2/c1-2-7-24-18-14(20)9-12(10-15(18)21)8-13(11-22)19-23-16-5-3-4-6-17(16)25-19/h2-6,8-10H,1,7H2/b13-8+. The van der Waals surface area contributed by atoms with E-state index in [-0.39, 0.29) is 0 Å². The molecule has 4 nitrogen and oxygen atoms in total. The number of para-hydroxylation sites is 2. The summed E-state index contributed by atoms with van der Waals surface area (Å²) in [6, 6.07) is 13.3. The van der Waals surface area contributed by atoms with Crippen LogP contribution in [0.3, 0.4) is 0 Å². The zero-order valence-electron chi connectivity index (χ0n) is 13.0. The first-order chi connectivity index (χ1) is 12.1. The second kappa shape index (κ2) is 7.68. The summed E-state index contributed by atoms with van der Waals surface area (Å²) in [4.78, 5) is 4.37. The van der Waals surface area contributed by atoms with Crippen LogP contribution in [0.5, 0.6) is 5.75 Å². The van der Waals surface area contributed by atoms with Crippen LogP contribution in [0.15, 0.2) is 62.4 Å². The molecule has 1 heterocycles. The topological polar surface area (TPSA) is 59.0 Å². The molecule has 0 spiro atoms.